The topological polar surface area (TPSA) is 35.5 Å². The Bertz CT molecular complexity index is 463. The van der Waals surface area contributed by atoms with Crippen LogP contribution >= 0.6 is 19.2 Å². The molecule has 0 aromatic heterocycles. The maximum atomic E-state index is 12.8. The van der Waals surface area contributed by atoms with Crippen molar-refractivity contribution in [2.24, 2.45) is 5.92 Å². The zero-order valence-corrected chi connectivity index (χ0v) is 14.8. The molecule has 1 aromatic carbocycles. The summed E-state index contributed by atoms with van der Waals surface area (Å²) in [4.78, 5) is 0. The van der Waals surface area contributed by atoms with E-state index in [-0.39, 0.29) is 0 Å². The van der Waals surface area contributed by atoms with Crippen LogP contribution < -0.4 is 4.52 Å². The summed E-state index contributed by atoms with van der Waals surface area (Å²) in [6, 6.07) is 6.95. The molecule has 3 nitrogen and oxygen atoms in total. The van der Waals surface area contributed by atoms with Crippen molar-refractivity contribution in [2.75, 3.05) is 12.8 Å². The minimum Gasteiger partial charge on any atom is -0.424 e. The maximum Gasteiger partial charge on any atom is 0.379 e. The quantitative estimate of drug-likeness (QED) is 0.380. The van der Waals surface area contributed by atoms with Crippen LogP contribution in [0.2, 0.25) is 5.02 Å². The summed E-state index contributed by atoms with van der Waals surface area (Å²) >= 11 is 5.93. The van der Waals surface area contributed by atoms with E-state index in [1.54, 1.807) is 24.3 Å². The van der Waals surface area contributed by atoms with Crippen molar-refractivity contribution in [2.45, 2.75) is 46.5 Å². The maximum absolute atomic E-state index is 12.8. The lowest BCUT2D eigenvalue weighted by atomic mass is 10.1. The van der Waals surface area contributed by atoms with E-state index < -0.39 is 7.60 Å². The van der Waals surface area contributed by atoms with Crippen molar-refractivity contribution in [1.82, 2.24) is 0 Å². The molecule has 0 aliphatic heterocycles. The van der Waals surface area contributed by atoms with E-state index in [9.17, 15) is 4.57 Å². The molecule has 0 fully saturated rings. The second-order valence-corrected chi connectivity index (χ2v) is 8.15. The molecule has 0 amide bonds. The molecular formula is C16H26ClO3P. The third-order valence-electron chi connectivity index (χ3n) is 3.04. The average molecular weight is 333 g/mol. The van der Waals surface area contributed by atoms with Crippen molar-refractivity contribution in [3.63, 3.8) is 0 Å². The monoisotopic (exact) mass is 332 g/mol. The Morgan fingerprint density at radius 1 is 1.29 bits per heavy atom. The Labute approximate surface area is 133 Å². The number of hydrogen-bond donors (Lipinski definition) is 0. The molecule has 1 rings (SSSR count). The fraction of sp³-hybridized carbons (Fsp3) is 0.625. The SMILES string of the molecule is CCCCP(=O)(OCCCC(C)C)Oc1cccc(Cl)c1. The minimum atomic E-state index is -3.10. The van der Waals surface area contributed by atoms with E-state index in [1.165, 1.54) is 0 Å². The number of benzene rings is 1. The highest BCUT2D eigenvalue weighted by Gasteiger charge is 2.25. The van der Waals surface area contributed by atoms with E-state index in [1.807, 2.05) is 0 Å². The van der Waals surface area contributed by atoms with Gasteiger partial charge in [0.05, 0.1) is 12.8 Å². The summed E-state index contributed by atoms with van der Waals surface area (Å²) in [5, 5.41) is 0.564. The van der Waals surface area contributed by atoms with E-state index >= 15 is 0 Å². The number of hydrogen-bond acceptors (Lipinski definition) is 3. The molecule has 1 atom stereocenters. The summed E-state index contributed by atoms with van der Waals surface area (Å²) < 4.78 is 24.1. The van der Waals surface area contributed by atoms with E-state index in [0.29, 0.717) is 29.5 Å². The van der Waals surface area contributed by atoms with Gasteiger partial charge < -0.3 is 4.52 Å². The fourth-order valence-corrected chi connectivity index (χ4v) is 3.87. The van der Waals surface area contributed by atoms with Gasteiger partial charge in [-0.1, -0.05) is 44.9 Å². The van der Waals surface area contributed by atoms with Gasteiger partial charge in [-0.25, -0.2) is 4.57 Å². The van der Waals surface area contributed by atoms with Crippen molar-refractivity contribution in [3.8, 4) is 5.75 Å². The first-order valence-corrected chi connectivity index (χ1v) is 9.74. The molecule has 0 radical (unpaired) electrons. The lowest BCUT2D eigenvalue weighted by Gasteiger charge is -2.19. The molecular weight excluding hydrogens is 307 g/mol. The van der Waals surface area contributed by atoms with Gasteiger partial charge in [0.15, 0.2) is 0 Å². The van der Waals surface area contributed by atoms with Gasteiger partial charge in [-0.15, -0.1) is 0 Å². The number of unbranched alkanes of at least 4 members (excludes halogenated alkanes) is 1. The lowest BCUT2D eigenvalue weighted by Crippen LogP contribution is -2.05. The standard InChI is InChI=1S/C16H26ClO3P/c1-4-5-12-21(18,19-11-7-8-14(2)3)20-16-10-6-9-15(17)13-16/h6,9-10,13-14H,4-5,7-8,11-12H2,1-3H3. The van der Waals surface area contributed by atoms with Crippen LogP contribution in [0.15, 0.2) is 24.3 Å². The summed E-state index contributed by atoms with van der Waals surface area (Å²) in [5.41, 5.74) is 0. The van der Waals surface area contributed by atoms with E-state index in [4.69, 9.17) is 20.6 Å². The highest BCUT2D eigenvalue weighted by molar-refractivity contribution is 7.54. The van der Waals surface area contributed by atoms with Gasteiger partial charge in [0.25, 0.3) is 0 Å². The van der Waals surface area contributed by atoms with Gasteiger partial charge in [0.2, 0.25) is 0 Å². The second kappa shape index (κ2) is 9.50. The molecule has 0 aliphatic carbocycles. The molecule has 5 heteroatoms. The largest absolute Gasteiger partial charge is 0.424 e. The lowest BCUT2D eigenvalue weighted by molar-refractivity contribution is 0.253. The third-order valence-corrected chi connectivity index (χ3v) is 5.20. The zero-order valence-electron chi connectivity index (χ0n) is 13.2. The van der Waals surface area contributed by atoms with Crippen LogP contribution in [0, 0.1) is 5.92 Å². The van der Waals surface area contributed by atoms with Crippen LogP contribution in [0.1, 0.15) is 46.5 Å². The normalized spacial score (nSPS) is 14.1. The third kappa shape index (κ3) is 7.90. The van der Waals surface area contributed by atoms with Crippen LogP contribution in [0.3, 0.4) is 0 Å². The molecule has 0 spiro atoms. The smallest absolute Gasteiger partial charge is 0.379 e. The molecule has 0 saturated heterocycles. The molecule has 0 aliphatic rings. The highest BCUT2D eigenvalue weighted by atomic mass is 35.5. The van der Waals surface area contributed by atoms with Gasteiger partial charge in [0, 0.05) is 5.02 Å². The summed E-state index contributed by atoms with van der Waals surface area (Å²) in [5.74, 6) is 1.13. The minimum absolute atomic E-state index is 0.442. The van der Waals surface area contributed by atoms with Crippen LogP contribution in [-0.2, 0) is 9.09 Å². The van der Waals surface area contributed by atoms with Gasteiger partial charge in [0.1, 0.15) is 5.75 Å². The Kier molecular flexibility index (Phi) is 8.39. The first-order valence-electron chi connectivity index (χ1n) is 7.64. The van der Waals surface area contributed by atoms with Crippen LogP contribution in [0.25, 0.3) is 0 Å². The fourth-order valence-electron chi connectivity index (χ4n) is 1.87. The Balaban J connectivity index is 2.62. The van der Waals surface area contributed by atoms with Gasteiger partial charge in [-0.3, -0.25) is 4.52 Å². The predicted molar refractivity (Wildman–Crippen MR) is 89.5 cm³/mol. The van der Waals surface area contributed by atoms with Gasteiger partial charge >= 0.3 is 7.60 Å². The molecule has 0 N–H and O–H groups in total. The van der Waals surface area contributed by atoms with Crippen LogP contribution in [0.4, 0.5) is 0 Å². The van der Waals surface area contributed by atoms with Crippen LogP contribution in [-0.4, -0.2) is 12.8 Å². The zero-order chi connectivity index (χ0) is 15.7. The second-order valence-electron chi connectivity index (χ2n) is 5.61. The van der Waals surface area contributed by atoms with Crippen molar-refractivity contribution >= 4 is 19.2 Å². The summed E-state index contributed by atoms with van der Waals surface area (Å²) in [6.45, 7) is 6.86. The number of rotatable bonds is 10. The molecule has 120 valence electrons. The van der Waals surface area contributed by atoms with Gasteiger partial charge in [-0.2, -0.15) is 0 Å². The molecule has 21 heavy (non-hydrogen) atoms. The van der Waals surface area contributed by atoms with E-state index in [0.717, 1.165) is 25.7 Å². The molecule has 0 saturated carbocycles. The molecule has 1 unspecified atom stereocenters. The Morgan fingerprint density at radius 2 is 2.05 bits per heavy atom. The van der Waals surface area contributed by atoms with Crippen molar-refractivity contribution in [3.05, 3.63) is 29.3 Å². The number of halogens is 1. The average Bonchev–Trinajstić information content (AvgIpc) is 2.41. The Hall–Kier alpha value is -0.500. The van der Waals surface area contributed by atoms with E-state index in [2.05, 4.69) is 20.8 Å². The predicted octanol–water partition coefficient (Wildman–Crippen LogP) is 6.16. The summed E-state index contributed by atoms with van der Waals surface area (Å²) in [6.07, 6.45) is 4.18. The van der Waals surface area contributed by atoms with Gasteiger partial charge in [-0.05, 0) is 43.4 Å². The highest BCUT2D eigenvalue weighted by Crippen LogP contribution is 2.49. The van der Waals surface area contributed by atoms with Crippen LogP contribution in [0.5, 0.6) is 5.75 Å². The molecule has 0 bridgehead atoms. The molecule has 1 aromatic rings. The first-order chi connectivity index (χ1) is 9.95. The first kappa shape index (κ1) is 18.5. The summed E-state index contributed by atoms with van der Waals surface area (Å²) in [7, 11) is -3.10. The molecule has 0 heterocycles. The Morgan fingerprint density at radius 3 is 2.67 bits per heavy atom. The van der Waals surface area contributed by atoms with Crippen molar-refractivity contribution in [1.29, 1.82) is 0 Å². The van der Waals surface area contributed by atoms with Crippen molar-refractivity contribution < 1.29 is 13.6 Å².